The highest BCUT2D eigenvalue weighted by Crippen LogP contribution is 2.34. The SMILES string of the molecule is CC1(C)C=C(n2[nH]c(=O)ccc2=O)c2cnccc2O1. The van der Waals surface area contributed by atoms with Gasteiger partial charge in [-0.1, -0.05) is 0 Å². The van der Waals surface area contributed by atoms with Crippen molar-refractivity contribution in [3.05, 3.63) is 62.9 Å². The van der Waals surface area contributed by atoms with Gasteiger partial charge >= 0.3 is 0 Å². The number of rotatable bonds is 1. The van der Waals surface area contributed by atoms with Gasteiger partial charge in [-0.25, -0.2) is 4.68 Å². The Balaban J connectivity index is 2.30. The highest BCUT2D eigenvalue weighted by atomic mass is 16.5. The predicted molar refractivity (Wildman–Crippen MR) is 73.6 cm³/mol. The standard InChI is InChI=1S/C14H13N3O3/c1-14(2)7-10(9-8-15-6-5-11(9)20-14)17-13(19)4-3-12(18)16-17/h3-8H,1-2H3,(H,16,18). The van der Waals surface area contributed by atoms with Crippen molar-refractivity contribution in [2.24, 2.45) is 0 Å². The summed E-state index contributed by atoms with van der Waals surface area (Å²) in [6.45, 7) is 3.75. The van der Waals surface area contributed by atoms with E-state index in [1.807, 2.05) is 13.8 Å². The molecule has 1 aliphatic rings. The third-order valence-electron chi connectivity index (χ3n) is 2.97. The average Bonchev–Trinajstić information content (AvgIpc) is 2.39. The summed E-state index contributed by atoms with van der Waals surface area (Å²) in [6, 6.07) is 4.17. The fourth-order valence-corrected chi connectivity index (χ4v) is 2.17. The summed E-state index contributed by atoms with van der Waals surface area (Å²) < 4.78 is 7.03. The number of hydrogen-bond acceptors (Lipinski definition) is 4. The molecule has 3 rings (SSSR count). The molecule has 1 N–H and O–H groups in total. The van der Waals surface area contributed by atoms with Crippen LogP contribution in [0, 0.1) is 0 Å². The minimum atomic E-state index is -0.587. The molecule has 20 heavy (non-hydrogen) atoms. The molecule has 0 bridgehead atoms. The van der Waals surface area contributed by atoms with Crippen LogP contribution in [-0.4, -0.2) is 20.4 Å². The molecule has 102 valence electrons. The van der Waals surface area contributed by atoms with Gasteiger partial charge in [-0.05, 0) is 26.0 Å². The molecule has 0 saturated heterocycles. The van der Waals surface area contributed by atoms with E-state index in [0.717, 1.165) is 0 Å². The van der Waals surface area contributed by atoms with Crippen molar-refractivity contribution in [3.63, 3.8) is 0 Å². The number of fused-ring (bicyclic) bond motifs is 1. The second-order valence-corrected chi connectivity index (χ2v) is 5.09. The number of H-pyrrole nitrogens is 1. The Morgan fingerprint density at radius 3 is 2.85 bits per heavy atom. The molecular formula is C14H13N3O3. The van der Waals surface area contributed by atoms with Gasteiger partial charge in [0, 0.05) is 24.5 Å². The Bertz CT molecular complexity index is 815. The lowest BCUT2D eigenvalue weighted by molar-refractivity contribution is 0.157. The third-order valence-corrected chi connectivity index (χ3v) is 2.97. The van der Waals surface area contributed by atoms with Crippen molar-refractivity contribution < 1.29 is 4.74 Å². The second-order valence-electron chi connectivity index (χ2n) is 5.09. The summed E-state index contributed by atoms with van der Waals surface area (Å²) in [5.41, 5.74) is -0.0259. The largest absolute Gasteiger partial charge is 0.483 e. The van der Waals surface area contributed by atoms with E-state index in [2.05, 4.69) is 10.1 Å². The van der Waals surface area contributed by atoms with Crippen LogP contribution in [-0.2, 0) is 0 Å². The molecule has 0 aliphatic carbocycles. The van der Waals surface area contributed by atoms with Gasteiger partial charge < -0.3 is 4.74 Å². The highest BCUT2D eigenvalue weighted by Gasteiger charge is 2.28. The molecule has 2 aromatic rings. The predicted octanol–water partition coefficient (Wildman–Crippen LogP) is 0.992. The third kappa shape index (κ3) is 2.05. The number of hydrogen-bond donors (Lipinski definition) is 1. The van der Waals surface area contributed by atoms with Crippen LogP contribution in [0.4, 0.5) is 0 Å². The normalized spacial score (nSPS) is 16.0. The van der Waals surface area contributed by atoms with Crippen LogP contribution in [0.1, 0.15) is 19.4 Å². The fraction of sp³-hybridized carbons (Fsp3) is 0.214. The molecule has 0 amide bonds. The summed E-state index contributed by atoms with van der Waals surface area (Å²) in [5.74, 6) is 0.624. The number of pyridine rings is 1. The van der Waals surface area contributed by atoms with Crippen molar-refractivity contribution in [3.8, 4) is 5.75 Å². The number of aromatic nitrogens is 3. The van der Waals surface area contributed by atoms with E-state index in [4.69, 9.17) is 4.74 Å². The van der Waals surface area contributed by atoms with E-state index < -0.39 is 5.60 Å². The summed E-state index contributed by atoms with van der Waals surface area (Å²) in [4.78, 5) is 27.5. The maximum atomic E-state index is 12.0. The maximum Gasteiger partial charge on any atom is 0.269 e. The van der Waals surface area contributed by atoms with Gasteiger partial charge in [-0.2, -0.15) is 0 Å². The monoisotopic (exact) mass is 271 g/mol. The first kappa shape index (κ1) is 12.4. The summed E-state index contributed by atoms with van der Waals surface area (Å²) in [7, 11) is 0. The molecule has 2 aromatic heterocycles. The summed E-state index contributed by atoms with van der Waals surface area (Å²) in [5, 5.41) is 2.52. The number of aromatic amines is 1. The van der Waals surface area contributed by atoms with Crippen molar-refractivity contribution in [1.82, 2.24) is 14.8 Å². The van der Waals surface area contributed by atoms with Crippen LogP contribution >= 0.6 is 0 Å². The van der Waals surface area contributed by atoms with Crippen molar-refractivity contribution in [1.29, 1.82) is 0 Å². The van der Waals surface area contributed by atoms with Crippen LogP contribution in [0.3, 0.4) is 0 Å². The zero-order valence-corrected chi connectivity index (χ0v) is 11.1. The van der Waals surface area contributed by atoms with E-state index in [9.17, 15) is 9.59 Å². The van der Waals surface area contributed by atoms with Gasteiger partial charge in [-0.15, -0.1) is 0 Å². The number of nitrogens with one attached hydrogen (secondary N) is 1. The molecule has 6 heteroatoms. The topological polar surface area (TPSA) is 77.0 Å². The first-order valence-electron chi connectivity index (χ1n) is 6.15. The van der Waals surface area contributed by atoms with Crippen LogP contribution < -0.4 is 15.9 Å². The van der Waals surface area contributed by atoms with Crippen LogP contribution in [0.5, 0.6) is 5.75 Å². The van der Waals surface area contributed by atoms with Crippen LogP contribution in [0.25, 0.3) is 5.70 Å². The average molecular weight is 271 g/mol. The summed E-state index contributed by atoms with van der Waals surface area (Å²) >= 11 is 0. The fourth-order valence-electron chi connectivity index (χ4n) is 2.17. The lowest BCUT2D eigenvalue weighted by atomic mass is 10.0. The molecule has 0 spiro atoms. The van der Waals surface area contributed by atoms with E-state index in [1.165, 1.54) is 16.8 Å². The first-order chi connectivity index (χ1) is 9.46. The van der Waals surface area contributed by atoms with E-state index in [1.54, 1.807) is 24.5 Å². The molecule has 0 aromatic carbocycles. The molecule has 1 aliphatic heterocycles. The Labute approximate surface area is 114 Å². The summed E-state index contributed by atoms with van der Waals surface area (Å²) in [6.07, 6.45) is 5.01. The molecule has 0 saturated carbocycles. The van der Waals surface area contributed by atoms with Crippen LogP contribution in [0.15, 0.2) is 46.3 Å². The molecular weight excluding hydrogens is 258 g/mol. The van der Waals surface area contributed by atoms with E-state index in [0.29, 0.717) is 17.0 Å². The molecule has 0 atom stereocenters. The lowest BCUT2D eigenvalue weighted by Crippen LogP contribution is -2.34. The Hall–Kier alpha value is -2.63. The van der Waals surface area contributed by atoms with E-state index >= 15 is 0 Å². The lowest BCUT2D eigenvalue weighted by Gasteiger charge is -2.30. The van der Waals surface area contributed by atoms with Crippen molar-refractivity contribution in [2.45, 2.75) is 19.4 Å². The van der Waals surface area contributed by atoms with Crippen molar-refractivity contribution in [2.75, 3.05) is 0 Å². The highest BCUT2D eigenvalue weighted by molar-refractivity contribution is 5.72. The molecule has 6 nitrogen and oxygen atoms in total. The van der Waals surface area contributed by atoms with E-state index in [-0.39, 0.29) is 11.1 Å². The minimum absolute atomic E-state index is 0.316. The molecule has 3 heterocycles. The molecule has 0 radical (unpaired) electrons. The quantitative estimate of drug-likeness (QED) is 0.839. The Kier molecular flexibility index (Phi) is 2.60. The zero-order chi connectivity index (χ0) is 14.3. The molecule has 0 fully saturated rings. The molecule has 0 unspecified atom stereocenters. The number of ether oxygens (including phenoxy) is 1. The van der Waals surface area contributed by atoms with Gasteiger partial charge in [0.1, 0.15) is 11.4 Å². The van der Waals surface area contributed by atoms with Gasteiger partial charge in [0.2, 0.25) is 0 Å². The van der Waals surface area contributed by atoms with Gasteiger partial charge in [0.25, 0.3) is 11.1 Å². The van der Waals surface area contributed by atoms with Crippen LogP contribution in [0.2, 0.25) is 0 Å². The van der Waals surface area contributed by atoms with Gasteiger partial charge in [0.05, 0.1) is 11.3 Å². The minimum Gasteiger partial charge on any atom is -0.483 e. The first-order valence-corrected chi connectivity index (χ1v) is 6.15. The Morgan fingerprint density at radius 2 is 2.05 bits per heavy atom. The van der Waals surface area contributed by atoms with Gasteiger partial charge in [-0.3, -0.25) is 19.7 Å². The van der Waals surface area contributed by atoms with Gasteiger partial charge in [0.15, 0.2) is 0 Å². The number of nitrogens with zero attached hydrogens (tertiary/aromatic N) is 2. The smallest absolute Gasteiger partial charge is 0.269 e. The Morgan fingerprint density at radius 1 is 1.25 bits per heavy atom. The second kappa shape index (κ2) is 4.19. The van der Waals surface area contributed by atoms with Crippen molar-refractivity contribution >= 4 is 5.70 Å². The zero-order valence-electron chi connectivity index (χ0n) is 11.1. The maximum absolute atomic E-state index is 12.0.